The summed E-state index contributed by atoms with van der Waals surface area (Å²) in [5.74, 6) is 1.39. The third-order valence-electron chi connectivity index (χ3n) is 5.09. The largest absolute Gasteiger partial charge is 0.504 e. The van der Waals surface area contributed by atoms with Crippen molar-refractivity contribution >= 4 is 29.9 Å². The molecule has 0 amide bonds. The van der Waals surface area contributed by atoms with Crippen LogP contribution < -0.4 is 15.4 Å². The highest BCUT2D eigenvalue weighted by molar-refractivity contribution is 14.0. The van der Waals surface area contributed by atoms with Crippen molar-refractivity contribution in [2.75, 3.05) is 26.7 Å². The summed E-state index contributed by atoms with van der Waals surface area (Å²) in [5, 5.41) is 17.1. The molecule has 1 aliphatic heterocycles. The third kappa shape index (κ3) is 7.02. The van der Waals surface area contributed by atoms with E-state index >= 15 is 0 Å². The molecule has 0 radical (unpaired) electrons. The van der Waals surface area contributed by atoms with Crippen LogP contribution in [-0.4, -0.2) is 53.7 Å². The average molecular weight is 525 g/mol. The molecule has 1 aromatic heterocycles. The van der Waals surface area contributed by atoms with Gasteiger partial charge in [0.25, 0.3) is 0 Å². The lowest BCUT2D eigenvalue weighted by Gasteiger charge is -2.32. The molecule has 0 unspecified atom stereocenters. The number of pyridine rings is 1. The average Bonchev–Trinajstić information content (AvgIpc) is 2.75. The smallest absolute Gasteiger partial charge is 0.191 e. The Hall–Kier alpha value is -2.07. The van der Waals surface area contributed by atoms with E-state index in [4.69, 9.17) is 4.74 Å². The van der Waals surface area contributed by atoms with E-state index < -0.39 is 0 Å². The van der Waals surface area contributed by atoms with Crippen molar-refractivity contribution in [2.45, 2.75) is 38.9 Å². The lowest BCUT2D eigenvalue weighted by Crippen LogP contribution is -2.48. The molecule has 1 aromatic carbocycles. The van der Waals surface area contributed by atoms with Gasteiger partial charge in [-0.3, -0.25) is 9.88 Å². The van der Waals surface area contributed by atoms with E-state index in [1.54, 1.807) is 13.2 Å². The van der Waals surface area contributed by atoms with E-state index in [1.165, 1.54) is 0 Å². The highest BCUT2D eigenvalue weighted by Gasteiger charge is 2.20. The fraction of sp³-hybridized carbons (Fsp3) is 0.455. The first-order chi connectivity index (χ1) is 14.2. The molecule has 3 rings (SSSR count). The summed E-state index contributed by atoms with van der Waals surface area (Å²) >= 11 is 0. The minimum absolute atomic E-state index is 0. The number of likely N-dealkylation sites (tertiary alicyclic amines) is 1. The zero-order valence-electron chi connectivity index (χ0n) is 17.7. The summed E-state index contributed by atoms with van der Waals surface area (Å²) in [6.07, 6.45) is 3.96. The molecule has 0 bridgehead atoms. The topological polar surface area (TPSA) is 82.0 Å². The number of methoxy groups -OCH3 is 1. The highest BCUT2D eigenvalue weighted by Crippen LogP contribution is 2.29. The molecule has 1 saturated heterocycles. The molecule has 30 heavy (non-hydrogen) atoms. The Morgan fingerprint density at radius 2 is 2.03 bits per heavy atom. The predicted octanol–water partition coefficient (Wildman–Crippen LogP) is 3.13. The van der Waals surface area contributed by atoms with Crippen LogP contribution in [0.3, 0.4) is 0 Å². The van der Waals surface area contributed by atoms with Crippen LogP contribution in [0, 0.1) is 0 Å². The molecule has 1 fully saturated rings. The molecule has 0 spiro atoms. The van der Waals surface area contributed by atoms with E-state index in [-0.39, 0.29) is 29.7 Å². The van der Waals surface area contributed by atoms with Gasteiger partial charge in [0.2, 0.25) is 0 Å². The van der Waals surface area contributed by atoms with Crippen molar-refractivity contribution in [1.82, 2.24) is 20.5 Å². The lowest BCUT2D eigenvalue weighted by atomic mass is 10.0. The van der Waals surface area contributed by atoms with Crippen molar-refractivity contribution in [3.8, 4) is 11.5 Å². The number of aromatic nitrogens is 1. The summed E-state index contributed by atoms with van der Waals surface area (Å²) in [7, 11) is 1.55. The second kappa shape index (κ2) is 12.6. The van der Waals surface area contributed by atoms with Crippen molar-refractivity contribution in [1.29, 1.82) is 0 Å². The zero-order valence-corrected chi connectivity index (χ0v) is 20.0. The van der Waals surface area contributed by atoms with Gasteiger partial charge in [0.1, 0.15) is 0 Å². The van der Waals surface area contributed by atoms with Crippen LogP contribution in [-0.2, 0) is 13.1 Å². The number of phenols is 1. The maximum absolute atomic E-state index is 10.3. The van der Waals surface area contributed by atoms with Gasteiger partial charge in [0.05, 0.1) is 19.3 Å². The minimum atomic E-state index is 0. The molecule has 2 aromatic rings. The molecule has 7 nitrogen and oxygen atoms in total. The number of aromatic hydroxyl groups is 1. The molecule has 8 heteroatoms. The molecule has 1 aliphatic rings. The quantitative estimate of drug-likeness (QED) is 0.293. The van der Waals surface area contributed by atoms with Crippen LogP contribution in [0.5, 0.6) is 11.5 Å². The SMILES string of the molecule is CCNC(=NCc1cccc(OC)c1O)NC1CCN(Cc2ccccn2)CC1.I. The monoisotopic (exact) mass is 525 g/mol. The Morgan fingerprint density at radius 1 is 1.23 bits per heavy atom. The van der Waals surface area contributed by atoms with Gasteiger partial charge in [0.15, 0.2) is 17.5 Å². The van der Waals surface area contributed by atoms with E-state index in [2.05, 4.69) is 38.5 Å². The number of nitrogens with one attached hydrogen (secondary N) is 2. The standard InChI is InChI=1S/C22H31N5O2.HI/c1-3-23-22(25-15-17-7-6-9-20(29-2)21(17)28)26-18-10-13-27(14-11-18)16-19-8-4-5-12-24-19;/h4-9,12,18,28H,3,10-11,13-16H2,1-2H3,(H2,23,25,26);1H. The number of ether oxygens (including phenoxy) is 1. The Balaban J connectivity index is 0.00000320. The van der Waals surface area contributed by atoms with Gasteiger partial charge in [0, 0.05) is 44.0 Å². The Morgan fingerprint density at radius 3 is 2.70 bits per heavy atom. The number of hydrogen-bond acceptors (Lipinski definition) is 5. The van der Waals surface area contributed by atoms with Gasteiger partial charge in [-0.1, -0.05) is 18.2 Å². The number of aliphatic imine (C=N–C) groups is 1. The second-order valence-electron chi connectivity index (χ2n) is 7.18. The van der Waals surface area contributed by atoms with E-state index in [0.29, 0.717) is 18.3 Å². The molecular weight excluding hydrogens is 493 g/mol. The Kier molecular flexibility index (Phi) is 10.2. The molecule has 2 heterocycles. The van der Waals surface area contributed by atoms with Crippen LogP contribution >= 0.6 is 24.0 Å². The number of rotatable bonds is 7. The van der Waals surface area contributed by atoms with Crippen molar-refractivity contribution < 1.29 is 9.84 Å². The number of nitrogens with zero attached hydrogens (tertiary/aromatic N) is 3. The fourth-order valence-corrected chi connectivity index (χ4v) is 3.49. The molecule has 3 N–H and O–H groups in total. The van der Waals surface area contributed by atoms with Crippen LogP contribution in [0.2, 0.25) is 0 Å². The summed E-state index contributed by atoms with van der Waals surface area (Å²) in [6.45, 7) is 6.19. The highest BCUT2D eigenvalue weighted by atomic mass is 127. The molecule has 0 aliphatic carbocycles. The molecule has 0 saturated carbocycles. The van der Waals surface area contributed by atoms with Gasteiger partial charge in [-0.25, -0.2) is 4.99 Å². The van der Waals surface area contributed by atoms with E-state index in [1.807, 2.05) is 30.5 Å². The maximum Gasteiger partial charge on any atom is 0.191 e. The number of benzene rings is 1. The number of guanidine groups is 1. The van der Waals surface area contributed by atoms with E-state index in [9.17, 15) is 5.11 Å². The summed E-state index contributed by atoms with van der Waals surface area (Å²) in [4.78, 5) is 11.5. The first-order valence-corrected chi connectivity index (χ1v) is 10.2. The minimum Gasteiger partial charge on any atom is -0.504 e. The third-order valence-corrected chi connectivity index (χ3v) is 5.09. The Bertz CT molecular complexity index is 795. The van der Waals surface area contributed by atoms with Crippen molar-refractivity contribution in [3.63, 3.8) is 0 Å². The number of hydrogen-bond donors (Lipinski definition) is 3. The van der Waals surface area contributed by atoms with Crippen LogP contribution in [0.15, 0.2) is 47.6 Å². The summed E-state index contributed by atoms with van der Waals surface area (Å²) < 4.78 is 5.18. The number of halogens is 1. The van der Waals surface area contributed by atoms with Gasteiger partial charge in [-0.05, 0) is 38.0 Å². The zero-order chi connectivity index (χ0) is 20.5. The van der Waals surface area contributed by atoms with Gasteiger partial charge in [-0.15, -0.1) is 24.0 Å². The van der Waals surface area contributed by atoms with Gasteiger partial charge < -0.3 is 20.5 Å². The number of piperidine rings is 1. The first kappa shape index (κ1) is 24.2. The van der Waals surface area contributed by atoms with Crippen molar-refractivity contribution in [3.05, 3.63) is 53.9 Å². The fourth-order valence-electron chi connectivity index (χ4n) is 3.49. The molecule has 164 valence electrons. The summed E-state index contributed by atoms with van der Waals surface area (Å²) in [5.41, 5.74) is 1.86. The Labute approximate surface area is 196 Å². The van der Waals surface area contributed by atoms with Gasteiger partial charge >= 0.3 is 0 Å². The molecular formula is C22H32IN5O2. The lowest BCUT2D eigenvalue weighted by molar-refractivity contribution is 0.196. The van der Waals surface area contributed by atoms with Gasteiger partial charge in [-0.2, -0.15) is 0 Å². The van der Waals surface area contributed by atoms with E-state index in [0.717, 1.165) is 56.2 Å². The first-order valence-electron chi connectivity index (χ1n) is 10.2. The maximum atomic E-state index is 10.3. The normalized spacial score (nSPS) is 15.3. The van der Waals surface area contributed by atoms with Crippen LogP contribution in [0.1, 0.15) is 31.0 Å². The number of para-hydroxylation sites is 1. The number of phenolic OH excluding ortho intramolecular Hbond substituents is 1. The molecule has 0 atom stereocenters. The predicted molar refractivity (Wildman–Crippen MR) is 131 cm³/mol. The summed E-state index contributed by atoms with van der Waals surface area (Å²) in [6, 6.07) is 11.9. The van der Waals surface area contributed by atoms with Crippen molar-refractivity contribution in [2.24, 2.45) is 4.99 Å². The second-order valence-corrected chi connectivity index (χ2v) is 7.18. The van der Waals surface area contributed by atoms with Crippen LogP contribution in [0.4, 0.5) is 0 Å². The van der Waals surface area contributed by atoms with Crippen LogP contribution in [0.25, 0.3) is 0 Å².